The highest BCUT2D eigenvalue weighted by atomic mass is 35.5. The topological polar surface area (TPSA) is 32.3 Å². The molecule has 27 heavy (non-hydrogen) atoms. The number of rotatable bonds is 5. The zero-order chi connectivity index (χ0) is 19.4. The molecule has 2 aromatic rings. The molecule has 1 amide bonds. The summed E-state index contributed by atoms with van der Waals surface area (Å²) in [6.07, 6.45) is 3.16. The maximum absolute atomic E-state index is 12.5. The molecular weight excluding hydrogens is 379 g/mol. The highest BCUT2D eigenvalue weighted by Gasteiger charge is 2.25. The van der Waals surface area contributed by atoms with Crippen LogP contribution in [0.3, 0.4) is 0 Å². The summed E-state index contributed by atoms with van der Waals surface area (Å²) in [5, 5.41) is 3.90. The van der Waals surface area contributed by atoms with E-state index < -0.39 is 0 Å². The smallest absolute Gasteiger partial charge is 0.251 e. The van der Waals surface area contributed by atoms with Gasteiger partial charge in [0.05, 0.1) is 10.0 Å². The van der Waals surface area contributed by atoms with Gasteiger partial charge in [0, 0.05) is 31.2 Å². The number of carbonyl (C=O) groups excluding carboxylic acids is 1. The molecule has 1 heterocycles. The van der Waals surface area contributed by atoms with Crippen molar-refractivity contribution in [2.45, 2.75) is 32.9 Å². The number of hydrogen-bond acceptors (Lipinski definition) is 2. The minimum atomic E-state index is -0.130. The van der Waals surface area contributed by atoms with Crippen LogP contribution in [-0.4, -0.2) is 29.9 Å². The van der Waals surface area contributed by atoms with E-state index in [-0.39, 0.29) is 11.9 Å². The van der Waals surface area contributed by atoms with Crippen molar-refractivity contribution in [2.24, 2.45) is 0 Å². The van der Waals surface area contributed by atoms with Crippen molar-refractivity contribution in [2.75, 3.05) is 13.1 Å². The van der Waals surface area contributed by atoms with Crippen LogP contribution in [0.5, 0.6) is 0 Å². The number of carbonyl (C=O) groups is 1. The van der Waals surface area contributed by atoms with Crippen LogP contribution in [0.1, 0.15) is 35.3 Å². The van der Waals surface area contributed by atoms with Crippen molar-refractivity contribution < 1.29 is 4.79 Å². The lowest BCUT2D eigenvalue weighted by Gasteiger charge is -2.36. The van der Waals surface area contributed by atoms with Gasteiger partial charge in [0.2, 0.25) is 0 Å². The summed E-state index contributed by atoms with van der Waals surface area (Å²) in [5.74, 6) is -0.130. The lowest BCUT2D eigenvalue weighted by Crippen LogP contribution is -2.47. The molecule has 0 aliphatic carbocycles. The van der Waals surface area contributed by atoms with E-state index in [0.717, 1.165) is 19.5 Å². The summed E-state index contributed by atoms with van der Waals surface area (Å²) in [6, 6.07) is 13.7. The highest BCUT2D eigenvalue weighted by molar-refractivity contribution is 6.42. The van der Waals surface area contributed by atoms with E-state index in [1.54, 1.807) is 18.2 Å². The first-order valence-electron chi connectivity index (χ1n) is 9.11. The minimum absolute atomic E-state index is 0.130. The Morgan fingerprint density at radius 3 is 2.59 bits per heavy atom. The van der Waals surface area contributed by atoms with Crippen molar-refractivity contribution in [3.63, 3.8) is 0 Å². The second-order valence-corrected chi connectivity index (χ2v) is 7.99. The van der Waals surface area contributed by atoms with Crippen molar-refractivity contribution in [3.05, 3.63) is 80.8 Å². The van der Waals surface area contributed by atoms with Crippen molar-refractivity contribution >= 4 is 29.1 Å². The van der Waals surface area contributed by atoms with Crippen LogP contribution >= 0.6 is 23.2 Å². The van der Waals surface area contributed by atoms with Crippen LogP contribution in [-0.2, 0) is 13.0 Å². The fourth-order valence-corrected chi connectivity index (χ4v) is 3.60. The van der Waals surface area contributed by atoms with Crippen LogP contribution in [0.25, 0.3) is 0 Å². The van der Waals surface area contributed by atoms with Crippen molar-refractivity contribution in [3.8, 4) is 0 Å². The molecule has 0 saturated heterocycles. The van der Waals surface area contributed by atoms with E-state index in [2.05, 4.69) is 54.4 Å². The van der Waals surface area contributed by atoms with Gasteiger partial charge in [-0.2, -0.15) is 0 Å². The molecule has 0 spiro atoms. The Balaban J connectivity index is 1.71. The molecule has 0 fully saturated rings. The first kappa shape index (κ1) is 19.9. The third-order valence-electron chi connectivity index (χ3n) is 4.88. The zero-order valence-electron chi connectivity index (χ0n) is 15.6. The number of allylic oxidation sites excluding steroid dienone is 1. The van der Waals surface area contributed by atoms with Crippen molar-refractivity contribution in [1.29, 1.82) is 0 Å². The molecule has 0 radical (unpaired) electrons. The van der Waals surface area contributed by atoms with Gasteiger partial charge < -0.3 is 5.32 Å². The molecule has 0 bridgehead atoms. The van der Waals surface area contributed by atoms with Gasteiger partial charge in [-0.15, -0.1) is 0 Å². The molecule has 3 nitrogen and oxygen atoms in total. The first-order valence-corrected chi connectivity index (χ1v) is 9.87. The van der Waals surface area contributed by atoms with E-state index in [1.165, 1.54) is 16.7 Å². The fraction of sp³-hybridized carbons (Fsp3) is 0.318. The number of benzene rings is 2. The van der Waals surface area contributed by atoms with Crippen LogP contribution in [0.2, 0.25) is 10.0 Å². The standard InChI is InChI=1S/C22H24Cl2N2O/c1-15(2)9-10-26-14-18-6-4-3-5-16(18)11-19(26)13-25-22(27)17-7-8-20(23)21(24)12-17/h3-9,12,19H,10-11,13-14H2,1-2H3,(H,25,27). The van der Waals surface area contributed by atoms with E-state index in [1.807, 2.05) is 0 Å². The fourth-order valence-electron chi connectivity index (χ4n) is 3.31. The quantitative estimate of drug-likeness (QED) is 0.704. The Kier molecular flexibility index (Phi) is 6.59. The number of hydrogen-bond donors (Lipinski definition) is 1. The minimum Gasteiger partial charge on any atom is -0.350 e. The monoisotopic (exact) mass is 402 g/mol. The Bertz CT molecular complexity index is 859. The summed E-state index contributed by atoms with van der Waals surface area (Å²) in [4.78, 5) is 14.9. The maximum Gasteiger partial charge on any atom is 0.251 e. The SMILES string of the molecule is CC(C)=CCN1Cc2ccccc2CC1CNC(=O)c1ccc(Cl)c(Cl)c1. The molecule has 0 aromatic heterocycles. The predicted molar refractivity (Wildman–Crippen MR) is 113 cm³/mol. The van der Waals surface area contributed by atoms with Crippen LogP contribution in [0.15, 0.2) is 54.1 Å². The number of amides is 1. The number of fused-ring (bicyclic) bond motifs is 1. The van der Waals surface area contributed by atoms with Crippen LogP contribution < -0.4 is 5.32 Å². The van der Waals surface area contributed by atoms with Gasteiger partial charge in [0.15, 0.2) is 0 Å². The molecule has 1 unspecified atom stereocenters. The van der Waals surface area contributed by atoms with Gasteiger partial charge >= 0.3 is 0 Å². The van der Waals surface area contributed by atoms with Gasteiger partial charge in [-0.25, -0.2) is 0 Å². The summed E-state index contributed by atoms with van der Waals surface area (Å²) in [5.41, 5.74) is 4.55. The molecule has 1 atom stereocenters. The lowest BCUT2D eigenvalue weighted by atomic mass is 9.93. The van der Waals surface area contributed by atoms with Gasteiger partial charge in [-0.3, -0.25) is 9.69 Å². The number of nitrogens with zero attached hydrogens (tertiary/aromatic N) is 1. The summed E-state index contributed by atoms with van der Waals surface area (Å²) in [6.45, 7) is 6.58. The van der Waals surface area contributed by atoms with Crippen molar-refractivity contribution in [1.82, 2.24) is 10.2 Å². The first-order chi connectivity index (χ1) is 12.9. The van der Waals surface area contributed by atoms with Gasteiger partial charge in [-0.05, 0) is 49.6 Å². The summed E-state index contributed by atoms with van der Waals surface area (Å²) < 4.78 is 0. The van der Waals surface area contributed by atoms with Gasteiger partial charge in [-0.1, -0.05) is 59.1 Å². The highest BCUT2D eigenvalue weighted by Crippen LogP contribution is 2.24. The second kappa shape index (κ2) is 8.92. The van der Waals surface area contributed by atoms with Crippen LogP contribution in [0, 0.1) is 0 Å². The normalized spacial score (nSPS) is 16.5. The molecular formula is C22H24Cl2N2O. The maximum atomic E-state index is 12.5. The third-order valence-corrected chi connectivity index (χ3v) is 5.62. The Morgan fingerprint density at radius 1 is 1.15 bits per heavy atom. The summed E-state index contributed by atoms with van der Waals surface area (Å²) >= 11 is 12.0. The van der Waals surface area contributed by atoms with E-state index in [0.29, 0.717) is 22.2 Å². The molecule has 2 aromatic carbocycles. The molecule has 1 aliphatic rings. The van der Waals surface area contributed by atoms with Crippen LogP contribution in [0.4, 0.5) is 0 Å². The third kappa shape index (κ3) is 5.13. The van der Waals surface area contributed by atoms with Gasteiger partial charge in [0.25, 0.3) is 5.91 Å². The summed E-state index contributed by atoms with van der Waals surface area (Å²) in [7, 11) is 0. The number of nitrogens with one attached hydrogen (secondary N) is 1. The predicted octanol–water partition coefficient (Wildman–Crippen LogP) is 5.12. The average Bonchev–Trinajstić information content (AvgIpc) is 2.66. The van der Waals surface area contributed by atoms with E-state index in [9.17, 15) is 4.79 Å². The molecule has 142 valence electrons. The Labute approximate surface area is 171 Å². The number of halogens is 2. The molecule has 0 saturated carbocycles. The molecule has 3 rings (SSSR count). The van der Waals surface area contributed by atoms with Gasteiger partial charge in [0.1, 0.15) is 0 Å². The molecule has 1 aliphatic heterocycles. The van der Waals surface area contributed by atoms with E-state index in [4.69, 9.17) is 23.2 Å². The molecule has 5 heteroatoms. The molecule has 1 N–H and O–H groups in total. The van der Waals surface area contributed by atoms with E-state index >= 15 is 0 Å². The zero-order valence-corrected chi connectivity index (χ0v) is 17.1. The second-order valence-electron chi connectivity index (χ2n) is 7.18. The lowest BCUT2D eigenvalue weighted by molar-refractivity contribution is 0.0930. The largest absolute Gasteiger partial charge is 0.350 e. The Hall–Kier alpha value is -1.81. The average molecular weight is 403 g/mol. The Morgan fingerprint density at radius 2 is 1.89 bits per heavy atom.